The third kappa shape index (κ3) is 2.22. The van der Waals surface area contributed by atoms with Crippen LogP contribution in [0.25, 0.3) is 21.8 Å². The molecule has 0 aliphatic rings. The lowest BCUT2D eigenvalue weighted by atomic mass is 10.1. The summed E-state index contributed by atoms with van der Waals surface area (Å²) < 4.78 is 14.6. The average Bonchev–Trinajstić information content (AvgIpc) is 2.53. The minimum Gasteiger partial charge on any atom is -0.494 e. The van der Waals surface area contributed by atoms with Crippen LogP contribution in [0.4, 0.5) is 4.79 Å². The molecular weight excluding hydrogens is 288 g/mol. The van der Waals surface area contributed by atoms with E-state index < -0.39 is 6.16 Å². The van der Waals surface area contributed by atoms with Crippen molar-refractivity contribution in [3.8, 4) is 11.6 Å². The van der Waals surface area contributed by atoms with E-state index in [0.717, 1.165) is 0 Å². The van der Waals surface area contributed by atoms with E-state index in [1.807, 2.05) is 0 Å². The average molecular weight is 300 g/mol. The van der Waals surface area contributed by atoms with Crippen LogP contribution in [0.2, 0.25) is 0 Å². The number of benzene rings is 1. The molecule has 1 aromatic carbocycles. The highest BCUT2D eigenvalue weighted by atomic mass is 16.7. The van der Waals surface area contributed by atoms with Crippen LogP contribution in [-0.4, -0.2) is 30.3 Å². The third-order valence-corrected chi connectivity index (χ3v) is 3.20. The highest BCUT2D eigenvalue weighted by molar-refractivity contribution is 6.07. The minimum atomic E-state index is -0.913. The molecule has 22 heavy (non-hydrogen) atoms. The molecular formula is C15H12N2O5. The summed E-state index contributed by atoms with van der Waals surface area (Å²) in [6.07, 6.45) is 0.712. The van der Waals surface area contributed by atoms with E-state index in [-0.39, 0.29) is 11.3 Å². The fourth-order valence-corrected chi connectivity index (χ4v) is 2.29. The largest absolute Gasteiger partial charge is 0.514 e. The van der Waals surface area contributed by atoms with Gasteiger partial charge in [0.1, 0.15) is 11.3 Å². The standard InChI is InChI=1S/C15H12N2O5/c1-20-11-6-9-13(8-4-3-5-16-14(8)11)10(18)7-12(17-9)22-15(19)21-2/h3-7H,1-2H3,(H,17,18). The Balaban J connectivity index is 2.33. The first-order chi connectivity index (χ1) is 10.6. The third-order valence-electron chi connectivity index (χ3n) is 3.20. The van der Waals surface area contributed by atoms with Gasteiger partial charge in [-0.05, 0) is 6.07 Å². The highest BCUT2D eigenvalue weighted by Gasteiger charge is 2.13. The topological polar surface area (TPSA) is 90.5 Å². The van der Waals surface area contributed by atoms with E-state index in [1.54, 1.807) is 24.4 Å². The highest BCUT2D eigenvalue weighted by Crippen LogP contribution is 2.30. The lowest BCUT2D eigenvalue weighted by molar-refractivity contribution is 0.120. The van der Waals surface area contributed by atoms with Crippen molar-refractivity contribution in [3.05, 3.63) is 40.7 Å². The molecule has 112 valence electrons. The first-order valence-corrected chi connectivity index (χ1v) is 6.38. The second kappa shape index (κ2) is 5.36. The molecule has 0 atom stereocenters. The van der Waals surface area contributed by atoms with Gasteiger partial charge >= 0.3 is 6.16 Å². The summed E-state index contributed by atoms with van der Waals surface area (Å²) in [5, 5.41) is 1.10. The lowest BCUT2D eigenvalue weighted by Gasteiger charge is -2.09. The lowest BCUT2D eigenvalue weighted by Crippen LogP contribution is -2.12. The molecule has 0 aliphatic carbocycles. The molecule has 0 spiro atoms. The van der Waals surface area contributed by atoms with Gasteiger partial charge in [0.25, 0.3) is 0 Å². The maximum atomic E-state index is 12.4. The van der Waals surface area contributed by atoms with Gasteiger partial charge in [-0.1, -0.05) is 6.07 Å². The molecule has 0 aliphatic heterocycles. The number of nitrogens with one attached hydrogen (secondary N) is 1. The maximum Gasteiger partial charge on any atom is 0.514 e. The molecule has 1 N–H and O–H groups in total. The second-order valence-corrected chi connectivity index (χ2v) is 4.45. The van der Waals surface area contributed by atoms with Gasteiger partial charge in [-0.15, -0.1) is 0 Å². The molecule has 3 aromatic rings. The van der Waals surface area contributed by atoms with E-state index in [2.05, 4.69) is 14.7 Å². The number of methoxy groups -OCH3 is 2. The fourth-order valence-electron chi connectivity index (χ4n) is 2.29. The zero-order valence-corrected chi connectivity index (χ0v) is 11.9. The Labute approximate surface area is 124 Å². The first-order valence-electron chi connectivity index (χ1n) is 6.38. The number of carbonyl (C=O) groups is 1. The first kappa shape index (κ1) is 13.9. The Morgan fingerprint density at radius 1 is 1.27 bits per heavy atom. The Hall–Kier alpha value is -3.09. The summed E-state index contributed by atoms with van der Waals surface area (Å²) >= 11 is 0. The van der Waals surface area contributed by atoms with E-state index in [4.69, 9.17) is 9.47 Å². The zero-order chi connectivity index (χ0) is 15.7. The molecule has 0 amide bonds. The maximum absolute atomic E-state index is 12.4. The van der Waals surface area contributed by atoms with Gasteiger partial charge in [-0.25, -0.2) is 4.79 Å². The van der Waals surface area contributed by atoms with Crippen LogP contribution in [0.3, 0.4) is 0 Å². The van der Waals surface area contributed by atoms with Crippen LogP contribution in [-0.2, 0) is 4.74 Å². The van der Waals surface area contributed by atoms with Crippen LogP contribution in [0.5, 0.6) is 11.6 Å². The SMILES string of the molecule is COC(=O)Oc1cc(=O)c2c(cc(OC)c3ncccc32)[nH]1. The number of ether oxygens (including phenoxy) is 3. The number of carbonyl (C=O) groups excluding carboxylic acids is 1. The summed E-state index contributed by atoms with van der Waals surface area (Å²) in [6, 6.07) is 6.34. The van der Waals surface area contributed by atoms with Crippen molar-refractivity contribution in [2.45, 2.75) is 0 Å². The van der Waals surface area contributed by atoms with Gasteiger partial charge in [0.2, 0.25) is 5.88 Å². The Morgan fingerprint density at radius 2 is 2.09 bits per heavy atom. The van der Waals surface area contributed by atoms with E-state index in [0.29, 0.717) is 27.6 Å². The number of aromatic nitrogens is 2. The Morgan fingerprint density at radius 3 is 2.82 bits per heavy atom. The van der Waals surface area contributed by atoms with Crippen LogP contribution in [0, 0.1) is 0 Å². The predicted octanol–water partition coefficient (Wildman–Crippen LogP) is 2.23. The van der Waals surface area contributed by atoms with Gasteiger partial charge in [0, 0.05) is 23.7 Å². The number of hydrogen-bond acceptors (Lipinski definition) is 6. The van der Waals surface area contributed by atoms with Crippen molar-refractivity contribution in [3.63, 3.8) is 0 Å². The number of nitrogens with zero attached hydrogens (tertiary/aromatic N) is 1. The van der Waals surface area contributed by atoms with E-state index >= 15 is 0 Å². The number of pyridine rings is 2. The molecule has 7 nitrogen and oxygen atoms in total. The molecule has 0 unspecified atom stereocenters. The zero-order valence-electron chi connectivity index (χ0n) is 11.9. The molecule has 2 heterocycles. The van der Waals surface area contributed by atoms with Crippen molar-refractivity contribution in [2.24, 2.45) is 0 Å². The molecule has 0 fully saturated rings. The molecule has 0 saturated carbocycles. The number of fused-ring (bicyclic) bond motifs is 3. The van der Waals surface area contributed by atoms with Crippen molar-refractivity contribution in [1.82, 2.24) is 9.97 Å². The summed E-state index contributed by atoms with van der Waals surface area (Å²) in [5.74, 6) is 0.503. The molecule has 3 rings (SSSR count). The smallest absolute Gasteiger partial charge is 0.494 e. The summed E-state index contributed by atoms with van der Waals surface area (Å²) in [7, 11) is 2.70. The molecule has 7 heteroatoms. The minimum absolute atomic E-state index is 0.00496. The van der Waals surface area contributed by atoms with E-state index in [9.17, 15) is 9.59 Å². The Bertz CT molecular complexity index is 932. The van der Waals surface area contributed by atoms with Crippen molar-refractivity contribution >= 4 is 28.0 Å². The number of H-pyrrole nitrogens is 1. The monoisotopic (exact) mass is 300 g/mol. The number of aromatic amines is 1. The summed E-state index contributed by atoms with van der Waals surface area (Å²) in [5.41, 5.74) is 0.765. The summed E-state index contributed by atoms with van der Waals surface area (Å²) in [4.78, 5) is 30.6. The molecule has 0 radical (unpaired) electrons. The Kier molecular flexibility index (Phi) is 3.38. The van der Waals surface area contributed by atoms with Gasteiger partial charge in [-0.2, -0.15) is 0 Å². The van der Waals surface area contributed by atoms with Crippen molar-refractivity contribution in [2.75, 3.05) is 14.2 Å². The van der Waals surface area contributed by atoms with Crippen LogP contribution < -0.4 is 14.9 Å². The molecule has 0 saturated heterocycles. The van der Waals surface area contributed by atoms with Crippen molar-refractivity contribution in [1.29, 1.82) is 0 Å². The predicted molar refractivity (Wildman–Crippen MR) is 79.5 cm³/mol. The van der Waals surface area contributed by atoms with Crippen molar-refractivity contribution < 1.29 is 19.0 Å². The van der Waals surface area contributed by atoms with Gasteiger partial charge in [0.15, 0.2) is 5.43 Å². The van der Waals surface area contributed by atoms with Crippen LogP contribution in [0.1, 0.15) is 0 Å². The normalized spacial score (nSPS) is 10.6. The fraction of sp³-hybridized carbons (Fsp3) is 0.133. The quantitative estimate of drug-likeness (QED) is 0.576. The van der Waals surface area contributed by atoms with Gasteiger partial charge < -0.3 is 19.2 Å². The van der Waals surface area contributed by atoms with Crippen LogP contribution in [0.15, 0.2) is 35.3 Å². The molecule has 2 aromatic heterocycles. The molecule has 0 bridgehead atoms. The van der Waals surface area contributed by atoms with Gasteiger partial charge in [-0.3, -0.25) is 9.78 Å². The van der Waals surface area contributed by atoms with E-state index in [1.165, 1.54) is 20.3 Å². The summed E-state index contributed by atoms with van der Waals surface area (Å²) in [6.45, 7) is 0. The second-order valence-electron chi connectivity index (χ2n) is 4.45. The number of hydrogen-bond donors (Lipinski definition) is 1. The van der Waals surface area contributed by atoms with Gasteiger partial charge in [0.05, 0.1) is 25.1 Å². The van der Waals surface area contributed by atoms with Crippen LogP contribution >= 0.6 is 0 Å². The number of rotatable bonds is 2.